The second kappa shape index (κ2) is 11.0. The molecule has 0 spiro atoms. The van der Waals surface area contributed by atoms with Crippen molar-refractivity contribution >= 4 is 39.0 Å². The minimum Gasteiger partial charge on any atom is -0.493 e. The highest BCUT2D eigenvalue weighted by atomic mass is 79.9. The largest absolute Gasteiger partial charge is 0.493 e. The summed E-state index contributed by atoms with van der Waals surface area (Å²) in [5.41, 5.74) is 3.32. The van der Waals surface area contributed by atoms with E-state index in [0.717, 1.165) is 24.1 Å². The molecule has 0 radical (unpaired) electrons. The molecule has 7 nitrogen and oxygen atoms in total. The van der Waals surface area contributed by atoms with Crippen LogP contribution in [0.5, 0.6) is 11.5 Å². The van der Waals surface area contributed by atoms with Crippen molar-refractivity contribution in [2.45, 2.75) is 50.5 Å². The van der Waals surface area contributed by atoms with Crippen molar-refractivity contribution in [2.75, 3.05) is 27.4 Å². The molecule has 3 aliphatic rings. The second-order valence-electron chi connectivity index (χ2n) is 9.49. The molecule has 1 aromatic heterocycles. The van der Waals surface area contributed by atoms with Crippen molar-refractivity contribution in [2.24, 2.45) is 0 Å². The molecular weight excluding hydrogens is 558 g/mol. The van der Waals surface area contributed by atoms with Gasteiger partial charge in [-0.25, -0.2) is 4.79 Å². The van der Waals surface area contributed by atoms with Crippen LogP contribution in [0, 0.1) is 0 Å². The molecule has 2 aliphatic heterocycles. The summed E-state index contributed by atoms with van der Waals surface area (Å²) in [6, 6.07) is 7.74. The number of esters is 1. The van der Waals surface area contributed by atoms with Gasteiger partial charge in [-0.05, 0) is 55.3 Å². The predicted molar refractivity (Wildman–Crippen MR) is 144 cm³/mol. The van der Waals surface area contributed by atoms with Crippen molar-refractivity contribution in [1.82, 2.24) is 5.32 Å². The van der Waals surface area contributed by atoms with Crippen molar-refractivity contribution in [3.63, 3.8) is 0 Å². The third-order valence-corrected chi connectivity index (χ3v) is 8.95. The average molecular weight is 589 g/mol. The van der Waals surface area contributed by atoms with Gasteiger partial charge in [0.25, 0.3) is 0 Å². The number of allylic oxidation sites excluding steroid dienone is 3. The number of hydrogen-bond acceptors (Lipinski definition) is 8. The van der Waals surface area contributed by atoms with Gasteiger partial charge in [0.15, 0.2) is 17.3 Å². The highest BCUT2D eigenvalue weighted by molar-refractivity contribution is 9.10. The summed E-state index contributed by atoms with van der Waals surface area (Å²) in [5.74, 6) is 0.138. The number of thiophene rings is 1. The first-order valence-corrected chi connectivity index (χ1v) is 14.1. The Kier molecular flexibility index (Phi) is 7.74. The Morgan fingerprint density at radius 3 is 2.68 bits per heavy atom. The summed E-state index contributed by atoms with van der Waals surface area (Å²) in [6.45, 7) is 2.74. The number of carbonyl (C=O) groups excluding carboxylic acids is 2. The van der Waals surface area contributed by atoms with Gasteiger partial charge >= 0.3 is 5.97 Å². The number of halogens is 1. The third-order valence-electron chi connectivity index (χ3n) is 7.23. The van der Waals surface area contributed by atoms with Crippen LogP contribution >= 0.6 is 27.3 Å². The normalized spacial score (nSPS) is 23.6. The minimum atomic E-state index is -0.612. The van der Waals surface area contributed by atoms with Crippen molar-refractivity contribution in [1.29, 1.82) is 0 Å². The topological polar surface area (TPSA) is 83.1 Å². The lowest BCUT2D eigenvalue weighted by Crippen LogP contribution is -2.36. The number of methoxy groups -OCH3 is 2. The lowest BCUT2D eigenvalue weighted by molar-refractivity contribution is -0.142. The minimum absolute atomic E-state index is 0.0239. The molecule has 5 rings (SSSR count). The fraction of sp³-hybridized carbons (Fsp3) is 0.429. The first-order valence-electron chi connectivity index (χ1n) is 12.4. The van der Waals surface area contributed by atoms with E-state index in [0.29, 0.717) is 52.3 Å². The van der Waals surface area contributed by atoms with E-state index >= 15 is 0 Å². The Balaban J connectivity index is 1.58. The van der Waals surface area contributed by atoms with Gasteiger partial charge in [-0.15, -0.1) is 11.3 Å². The van der Waals surface area contributed by atoms with E-state index in [4.69, 9.17) is 18.9 Å². The molecule has 9 heteroatoms. The highest BCUT2D eigenvalue weighted by Gasteiger charge is 2.42. The van der Waals surface area contributed by atoms with Crippen LogP contribution in [0.25, 0.3) is 0 Å². The summed E-state index contributed by atoms with van der Waals surface area (Å²) in [6.07, 6.45) is 2.82. The summed E-state index contributed by atoms with van der Waals surface area (Å²) >= 11 is 5.34. The van der Waals surface area contributed by atoms with Gasteiger partial charge in [-0.3, -0.25) is 4.79 Å². The zero-order valence-corrected chi connectivity index (χ0v) is 23.5. The van der Waals surface area contributed by atoms with Crippen LogP contribution in [0.1, 0.15) is 54.9 Å². The fourth-order valence-corrected chi connectivity index (χ4v) is 6.84. The van der Waals surface area contributed by atoms with Crippen LogP contribution in [-0.2, 0) is 19.1 Å². The van der Waals surface area contributed by atoms with Gasteiger partial charge in [0.2, 0.25) is 0 Å². The van der Waals surface area contributed by atoms with Gasteiger partial charge in [0.1, 0.15) is 6.61 Å². The predicted octanol–water partition coefficient (Wildman–Crippen LogP) is 5.61. The molecule has 1 saturated heterocycles. The van der Waals surface area contributed by atoms with Crippen molar-refractivity contribution < 1.29 is 28.5 Å². The van der Waals surface area contributed by atoms with Crippen LogP contribution in [-0.4, -0.2) is 45.3 Å². The van der Waals surface area contributed by atoms with Crippen LogP contribution in [0.15, 0.2) is 56.7 Å². The number of ether oxygens (including phenoxy) is 4. The van der Waals surface area contributed by atoms with Crippen LogP contribution in [0.3, 0.4) is 0 Å². The van der Waals surface area contributed by atoms with E-state index < -0.39 is 11.9 Å². The molecule has 1 N–H and O–H groups in total. The van der Waals surface area contributed by atoms with Crippen LogP contribution in [0.2, 0.25) is 0 Å². The summed E-state index contributed by atoms with van der Waals surface area (Å²) < 4.78 is 23.2. The molecule has 1 fully saturated rings. The Labute approximate surface area is 228 Å². The SMILES string of the molecule is COc1cc(Br)c([C@@H]2C(C(=O)OC[C@@H]3CCCO3)=C(C)NC3=C2C(=O)C[C@H](c2cccs2)C3)cc1OC. The number of hydrogen-bond donors (Lipinski definition) is 1. The van der Waals surface area contributed by atoms with Gasteiger partial charge < -0.3 is 24.3 Å². The number of dihydropyridines is 1. The van der Waals surface area contributed by atoms with E-state index in [1.165, 1.54) is 4.88 Å². The van der Waals surface area contributed by atoms with Gasteiger partial charge in [-0.1, -0.05) is 22.0 Å². The molecule has 2 aromatic rings. The number of ketones is 1. The molecule has 0 unspecified atom stereocenters. The lowest BCUT2D eigenvalue weighted by atomic mass is 9.72. The monoisotopic (exact) mass is 587 g/mol. The number of nitrogens with one attached hydrogen (secondary N) is 1. The maximum Gasteiger partial charge on any atom is 0.336 e. The van der Waals surface area contributed by atoms with Gasteiger partial charge in [-0.2, -0.15) is 0 Å². The summed E-state index contributed by atoms with van der Waals surface area (Å²) in [7, 11) is 3.14. The quantitative estimate of drug-likeness (QED) is 0.421. The number of carbonyl (C=O) groups is 2. The number of benzene rings is 1. The number of rotatable bonds is 7. The fourth-order valence-electron chi connectivity index (χ4n) is 5.46. The van der Waals surface area contributed by atoms with E-state index in [1.807, 2.05) is 30.5 Å². The third kappa shape index (κ3) is 5.09. The Morgan fingerprint density at radius 1 is 1.22 bits per heavy atom. The first kappa shape index (κ1) is 26.0. The molecule has 37 heavy (non-hydrogen) atoms. The highest BCUT2D eigenvalue weighted by Crippen LogP contribution is 2.49. The van der Waals surface area contributed by atoms with Gasteiger partial charge in [0, 0.05) is 51.2 Å². The van der Waals surface area contributed by atoms with E-state index in [9.17, 15) is 9.59 Å². The zero-order chi connectivity index (χ0) is 26.1. The maximum atomic E-state index is 13.8. The second-order valence-corrected chi connectivity index (χ2v) is 11.3. The average Bonchev–Trinajstić information content (AvgIpc) is 3.61. The van der Waals surface area contributed by atoms with Crippen molar-refractivity contribution in [3.8, 4) is 11.5 Å². The van der Waals surface area contributed by atoms with Crippen LogP contribution < -0.4 is 14.8 Å². The summed E-state index contributed by atoms with van der Waals surface area (Å²) in [5, 5.41) is 5.45. The Morgan fingerprint density at radius 2 is 2.00 bits per heavy atom. The smallest absolute Gasteiger partial charge is 0.336 e. The molecule has 3 atom stereocenters. The maximum absolute atomic E-state index is 13.8. The van der Waals surface area contributed by atoms with E-state index in [1.54, 1.807) is 25.6 Å². The molecular formula is C28H30BrNO6S. The summed E-state index contributed by atoms with van der Waals surface area (Å²) in [4.78, 5) is 28.6. The number of Topliss-reactive ketones (excluding diaryl/α,β-unsaturated/α-hetero) is 1. The van der Waals surface area contributed by atoms with Gasteiger partial charge in [0.05, 0.1) is 25.9 Å². The van der Waals surface area contributed by atoms with E-state index in [-0.39, 0.29) is 24.4 Å². The molecule has 0 saturated carbocycles. The van der Waals surface area contributed by atoms with Crippen molar-refractivity contribution in [3.05, 3.63) is 67.1 Å². The Hall–Kier alpha value is -2.62. The molecule has 1 aromatic carbocycles. The molecule has 3 heterocycles. The van der Waals surface area contributed by atoms with E-state index in [2.05, 4.69) is 27.3 Å². The van der Waals surface area contributed by atoms with Crippen LogP contribution in [0.4, 0.5) is 0 Å². The lowest BCUT2D eigenvalue weighted by Gasteiger charge is -2.37. The molecule has 1 aliphatic carbocycles. The molecule has 196 valence electrons. The standard InChI is InChI=1S/C28H30BrNO6S/c1-15-25(28(32)36-14-17-6-4-8-35-17)26(18-12-22(33-2)23(34-3)13-19(18)29)27-20(30-15)10-16(11-21(27)31)24-7-5-9-37-24/h5,7,9,12-13,16-17,26,30H,4,6,8,10-11,14H2,1-3H3/t16-,17+,26-/m1/s1. The first-order chi connectivity index (χ1) is 17.9. The molecule has 0 bridgehead atoms. The molecule has 0 amide bonds. The zero-order valence-electron chi connectivity index (χ0n) is 21.1. The Bertz CT molecular complexity index is 1260.